The van der Waals surface area contributed by atoms with Crippen LogP contribution in [0.1, 0.15) is 30.9 Å². The lowest BCUT2D eigenvalue weighted by molar-refractivity contribution is 0.0286. The van der Waals surface area contributed by atoms with E-state index in [0.29, 0.717) is 28.6 Å². The molecule has 1 aromatic carbocycles. The average Bonchev–Trinajstić information content (AvgIpc) is 2.41. The summed E-state index contributed by atoms with van der Waals surface area (Å²) in [6.45, 7) is 0.457. The Morgan fingerprint density at radius 1 is 1.32 bits per heavy atom. The molecule has 0 radical (unpaired) electrons. The minimum Gasteiger partial charge on any atom is -0.465 e. The van der Waals surface area contributed by atoms with Crippen LogP contribution < -0.4 is 0 Å². The van der Waals surface area contributed by atoms with Crippen molar-refractivity contribution < 1.29 is 15.0 Å². The van der Waals surface area contributed by atoms with Gasteiger partial charge in [0.05, 0.1) is 22.2 Å². The van der Waals surface area contributed by atoms with E-state index in [2.05, 4.69) is 0 Å². The topological polar surface area (TPSA) is 60.8 Å². The molecular weight excluding hydrogens is 289 g/mol. The van der Waals surface area contributed by atoms with Crippen LogP contribution in [0, 0.1) is 0 Å². The molecule has 0 spiro atoms. The zero-order valence-corrected chi connectivity index (χ0v) is 11.7. The van der Waals surface area contributed by atoms with Crippen LogP contribution in [0.15, 0.2) is 18.2 Å². The fourth-order valence-electron chi connectivity index (χ4n) is 2.44. The Morgan fingerprint density at radius 2 is 2.05 bits per heavy atom. The molecular formula is C13H15Cl2NO3. The Morgan fingerprint density at radius 3 is 2.68 bits per heavy atom. The predicted molar refractivity (Wildman–Crippen MR) is 73.8 cm³/mol. The van der Waals surface area contributed by atoms with E-state index in [1.54, 1.807) is 18.2 Å². The molecule has 0 aliphatic carbocycles. The summed E-state index contributed by atoms with van der Waals surface area (Å²) in [5.74, 6) is 0. The Hall–Kier alpha value is -0.970. The fourth-order valence-corrected chi connectivity index (χ4v) is 2.75. The Balaban J connectivity index is 2.23. The first-order chi connectivity index (χ1) is 9.00. The minimum absolute atomic E-state index is 0.357. The van der Waals surface area contributed by atoms with Crippen LogP contribution in [0.5, 0.6) is 0 Å². The number of halogens is 2. The molecule has 104 valence electrons. The lowest BCUT2D eigenvalue weighted by atomic mass is 9.93. The fraction of sp³-hybridized carbons (Fsp3) is 0.462. The second-order valence-electron chi connectivity index (χ2n) is 4.66. The van der Waals surface area contributed by atoms with Crippen molar-refractivity contribution in [2.75, 3.05) is 6.54 Å². The molecule has 1 aliphatic rings. The van der Waals surface area contributed by atoms with Crippen molar-refractivity contribution in [1.82, 2.24) is 4.90 Å². The SMILES string of the molecule is O=C(O)N1CCCC[C@H]1C(O)c1ccc(Cl)c(Cl)c1. The maximum absolute atomic E-state index is 11.2. The number of rotatable bonds is 2. The van der Waals surface area contributed by atoms with Crippen molar-refractivity contribution in [2.45, 2.75) is 31.4 Å². The normalized spacial score (nSPS) is 21.2. The Labute approximate surface area is 121 Å². The lowest BCUT2D eigenvalue weighted by Gasteiger charge is -2.36. The first-order valence-corrected chi connectivity index (χ1v) is 6.89. The number of hydrogen-bond acceptors (Lipinski definition) is 2. The summed E-state index contributed by atoms with van der Waals surface area (Å²) in [4.78, 5) is 12.5. The summed E-state index contributed by atoms with van der Waals surface area (Å²) < 4.78 is 0. The third-order valence-corrected chi connectivity index (χ3v) is 4.18. The third-order valence-electron chi connectivity index (χ3n) is 3.44. The van der Waals surface area contributed by atoms with Crippen molar-refractivity contribution in [1.29, 1.82) is 0 Å². The molecule has 0 aromatic heterocycles. The van der Waals surface area contributed by atoms with Crippen molar-refractivity contribution in [2.24, 2.45) is 0 Å². The van der Waals surface area contributed by atoms with Crippen LogP contribution in [-0.2, 0) is 0 Å². The van der Waals surface area contributed by atoms with E-state index in [0.717, 1.165) is 12.8 Å². The van der Waals surface area contributed by atoms with E-state index < -0.39 is 18.2 Å². The van der Waals surface area contributed by atoms with Gasteiger partial charge in [0.15, 0.2) is 0 Å². The van der Waals surface area contributed by atoms with Gasteiger partial charge in [0, 0.05) is 6.54 Å². The number of aliphatic hydroxyl groups excluding tert-OH is 1. The maximum atomic E-state index is 11.2. The smallest absolute Gasteiger partial charge is 0.407 e. The summed E-state index contributed by atoms with van der Waals surface area (Å²) in [7, 11) is 0. The first kappa shape index (κ1) is 14.4. The van der Waals surface area contributed by atoms with E-state index in [1.165, 1.54) is 4.90 Å². The number of benzene rings is 1. The largest absolute Gasteiger partial charge is 0.465 e. The quantitative estimate of drug-likeness (QED) is 0.878. The highest BCUT2D eigenvalue weighted by Gasteiger charge is 2.32. The minimum atomic E-state index is -0.996. The summed E-state index contributed by atoms with van der Waals surface area (Å²) in [5.41, 5.74) is 0.590. The summed E-state index contributed by atoms with van der Waals surface area (Å²) in [5, 5.41) is 20.3. The van der Waals surface area contributed by atoms with Crippen LogP contribution in [0.2, 0.25) is 10.0 Å². The molecule has 2 N–H and O–H groups in total. The van der Waals surface area contributed by atoms with Gasteiger partial charge in [-0.3, -0.25) is 0 Å². The number of hydrogen-bond donors (Lipinski definition) is 2. The molecule has 1 fully saturated rings. The van der Waals surface area contributed by atoms with Crippen LogP contribution in [0.4, 0.5) is 4.79 Å². The summed E-state index contributed by atoms with van der Waals surface area (Å²) in [6.07, 6.45) is 0.507. The molecule has 0 bridgehead atoms. The molecule has 2 rings (SSSR count). The van der Waals surface area contributed by atoms with Gasteiger partial charge in [-0.25, -0.2) is 4.79 Å². The Bertz CT molecular complexity index is 481. The van der Waals surface area contributed by atoms with Gasteiger partial charge in [0.25, 0.3) is 0 Å². The molecule has 1 heterocycles. The second kappa shape index (κ2) is 5.99. The molecule has 1 aliphatic heterocycles. The van der Waals surface area contributed by atoms with Gasteiger partial charge in [-0.1, -0.05) is 29.3 Å². The molecule has 19 heavy (non-hydrogen) atoms. The summed E-state index contributed by atoms with van der Waals surface area (Å²) >= 11 is 11.8. The van der Waals surface area contributed by atoms with Gasteiger partial charge in [-0.15, -0.1) is 0 Å². The first-order valence-electron chi connectivity index (χ1n) is 6.13. The molecule has 0 saturated carbocycles. The van der Waals surface area contributed by atoms with Crippen molar-refractivity contribution >= 4 is 29.3 Å². The Kier molecular flexibility index (Phi) is 4.55. The second-order valence-corrected chi connectivity index (χ2v) is 5.47. The number of aliphatic hydroxyl groups is 1. The standard InChI is InChI=1S/C13H15Cl2NO3/c14-9-5-4-8(7-10(9)15)12(17)11-3-1-2-6-16(11)13(18)19/h4-5,7,11-12,17H,1-3,6H2,(H,18,19)/t11-,12?/m0/s1. The maximum Gasteiger partial charge on any atom is 0.407 e. The van der Waals surface area contributed by atoms with Crippen LogP contribution in [-0.4, -0.2) is 33.8 Å². The zero-order chi connectivity index (χ0) is 14.0. The van der Waals surface area contributed by atoms with Gasteiger partial charge in [-0.2, -0.15) is 0 Å². The van der Waals surface area contributed by atoms with Crippen LogP contribution >= 0.6 is 23.2 Å². The third kappa shape index (κ3) is 3.14. The highest BCUT2D eigenvalue weighted by Crippen LogP contribution is 2.32. The molecule has 1 saturated heterocycles. The van der Waals surface area contributed by atoms with Crippen LogP contribution in [0.3, 0.4) is 0 Å². The number of likely N-dealkylation sites (tertiary alicyclic amines) is 1. The predicted octanol–water partition coefficient (Wildman–Crippen LogP) is 3.56. The highest BCUT2D eigenvalue weighted by molar-refractivity contribution is 6.42. The number of carboxylic acid groups (broad SMARTS) is 1. The van der Waals surface area contributed by atoms with Gasteiger partial charge in [0.1, 0.15) is 0 Å². The van der Waals surface area contributed by atoms with Crippen molar-refractivity contribution in [3.63, 3.8) is 0 Å². The molecule has 1 amide bonds. The van der Waals surface area contributed by atoms with Gasteiger partial charge < -0.3 is 15.1 Å². The molecule has 4 nitrogen and oxygen atoms in total. The number of amides is 1. The van der Waals surface area contributed by atoms with E-state index in [9.17, 15) is 15.0 Å². The molecule has 1 aromatic rings. The van der Waals surface area contributed by atoms with E-state index in [4.69, 9.17) is 23.2 Å². The summed E-state index contributed by atoms with van der Waals surface area (Å²) in [6, 6.07) is 4.44. The van der Waals surface area contributed by atoms with Crippen LogP contribution in [0.25, 0.3) is 0 Å². The number of carbonyl (C=O) groups is 1. The van der Waals surface area contributed by atoms with Gasteiger partial charge in [-0.05, 0) is 37.0 Å². The molecule has 1 unspecified atom stereocenters. The highest BCUT2D eigenvalue weighted by atomic mass is 35.5. The number of nitrogens with zero attached hydrogens (tertiary/aromatic N) is 1. The zero-order valence-electron chi connectivity index (χ0n) is 10.2. The monoisotopic (exact) mass is 303 g/mol. The molecule has 6 heteroatoms. The van der Waals surface area contributed by atoms with E-state index in [1.807, 2.05) is 0 Å². The van der Waals surface area contributed by atoms with E-state index in [-0.39, 0.29) is 0 Å². The number of piperidine rings is 1. The van der Waals surface area contributed by atoms with Crippen molar-refractivity contribution in [3.05, 3.63) is 33.8 Å². The van der Waals surface area contributed by atoms with Gasteiger partial charge >= 0.3 is 6.09 Å². The molecule has 2 atom stereocenters. The van der Waals surface area contributed by atoms with E-state index >= 15 is 0 Å². The van der Waals surface area contributed by atoms with Gasteiger partial charge in [0.2, 0.25) is 0 Å². The lowest BCUT2D eigenvalue weighted by Crippen LogP contribution is -2.46. The average molecular weight is 304 g/mol. The van der Waals surface area contributed by atoms with Crippen molar-refractivity contribution in [3.8, 4) is 0 Å².